The average Bonchev–Trinajstić information content (AvgIpc) is 2.81. The fourth-order valence-corrected chi connectivity index (χ4v) is 2.92. The minimum Gasteiger partial charge on any atom is -0.361 e. The maximum Gasteiger partial charge on any atom is 0.333 e. The molecule has 1 saturated carbocycles. The van der Waals surface area contributed by atoms with Crippen LogP contribution in [-0.2, 0) is 13.5 Å². The summed E-state index contributed by atoms with van der Waals surface area (Å²) < 4.78 is 1.60. The summed E-state index contributed by atoms with van der Waals surface area (Å²) in [6.45, 7) is 6.31. The third-order valence-corrected chi connectivity index (χ3v) is 4.18. The molecule has 6 nitrogen and oxygen atoms in total. The van der Waals surface area contributed by atoms with Crippen molar-refractivity contribution in [1.82, 2.24) is 9.78 Å². The summed E-state index contributed by atoms with van der Waals surface area (Å²) in [5.41, 5.74) is 0.850. The van der Waals surface area contributed by atoms with E-state index in [0.717, 1.165) is 19.3 Å². The Labute approximate surface area is 113 Å². The number of nitrogens with zero attached hydrogens (tertiary/aromatic N) is 3. The Hall–Kier alpha value is -1.59. The van der Waals surface area contributed by atoms with E-state index in [1.54, 1.807) is 11.7 Å². The minimum absolute atomic E-state index is 0.132. The molecule has 6 heteroatoms. The van der Waals surface area contributed by atoms with Crippen molar-refractivity contribution in [2.24, 2.45) is 12.5 Å². The van der Waals surface area contributed by atoms with Crippen molar-refractivity contribution < 1.29 is 4.92 Å². The molecular formula is C13H22N4O2. The number of hydrogen-bond donors (Lipinski definition) is 1. The normalized spacial score (nSPS) is 21.6. The smallest absolute Gasteiger partial charge is 0.333 e. The number of nitro groups is 1. The summed E-state index contributed by atoms with van der Waals surface area (Å²) in [5.74, 6) is 0.543. The minimum atomic E-state index is -0.323. The second-order valence-electron chi connectivity index (χ2n) is 5.96. The zero-order valence-electron chi connectivity index (χ0n) is 12.1. The Kier molecular flexibility index (Phi) is 3.52. The van der Waals surface area contributed by atoms with Crippen molar-refractivity contribution >= 4 is 11.5 Å². The molecular weight excluding hydrogens is 244 g/mol. The molecule has 2 rings (SSSR count). The van der Waals surface area contributed by atoms with Gasteiger partial charge in [-0.3, -0.25) is 10.1 Å². The summed E-state index contributed by atoms with van der Waals surface area (Å²) >= 11 is 0. The van der Waals surface area contributed by atoms with Crippen LogP contribution in [0, 0.1) is 15.5 Å². The Balaban J connectivity index is 2.34. The van der Waals surface area contributed by atoms with Gasteiger partial charge in [0, 0.05) is 13.1 Å². The maximum absolute atomic E-state index is 11.3. The van der Waals surface area contributed by atoms with E-state index in [-0.39, 0.29) is 22.1 Å². The van der Waals surface area contributed by atoms with Gasteiger partial charge in [-0.05, 0) is 24.7 Å². The lowest BCUT2D eigenvalue weighted by Crippen LogP contribution is -2.31. The molecule has 0 radical (unpaired) electrons. The predicted molar refractivity (Wildman–Crippen MR) is 74.3 cm³/mol. The van der Waals surface area contributed by atoms with Crippen molar-refractivity contribution in [3.8, 4) is 0 Å². The van der Waals surface area contributed by atoms with Gasteiger partial charge in [0.25, 0.3) is 0 Å². The highest BCUT2D eigenvalue weighted by Gasteiger charge is 2.37. The van der Waals surface area contributed by atoms with Crippen molar-refractivity contribution in [2.45, 2.75) is 52.5 Å². The van der Waals surface area contributed by atoms with E-state index < -0.39 is 0 Å². The molecule has 0 spiro atoms. The third-order valence-electron chi connectivity index (χ3n) is 4.18. The first-order valence-corrected chi connectivity index (χ1v) is 6.83. The van der Waals surface area contributed by atoms with Crippen LogP contribution in [0.1, 0.15) is 45.7 Å². The number of aromatic nitrogens is 2. The molecule has 0 saturated heterocycles. The summed E-state index contributed by atoms with van der Waals surface area (Å²) in [5, 5.41) is 18.9. The highest BCUT2D eigenvalue weighted by molar-refractivity contribution is 5.60. The summed E-state index contributed by atoms with van der Waals surface area (Å²) in [7, 11) is 1.76. The molecule has 1 atom stereocenters. The first kappa shape index (κ1) is 13.8. The molecule has 0 aromatic carbocycles. The van der Waals surface area contributed by atoms with Gasteiger partial charge in [0.1, 0.15) is 5.69 Å². The Morgan fingerprint density at radius 1 is 1.58 bits per heavy atom. The largest absolute Gasteiger partial charge is 0.361 e. The average molecular weight is 266 g/mol. The highest BCUT2D eigenvalue weighted by atomic mass is 16.6. The van der Waals surface area contributed by atoms with Crippen LogP contribution in [-0.4, -0.2) is 20.7 Å². The first-order valence-electron chi connectivity index (χ1n) is 6.83. The van der Waals surface area contributed by atoms with Gasteiger partial charge in [-0.2, -0.15) is 5.10 Å². The lowest BCUT2D eigenvalue weighted by Gasteiger charge is -2.28. The predicted octanol–water partition coefficient (Wildman–Crippen LogP) is 2.88. The Morgan fingerprint density at radius 2 is 2.26 bits per heavy atom. The van der Waals surface area contributed by atoms with E-state index in [1.807, 2.05) is 6.92 Å². The van der Waals surface area contributed by atoms with E-state index in [1.165, 1.54) is 0 Å². The van der Waals surface area contributed by atoms with E-state index in [4.69, 9.17) is 0 Å². The fourth-order valence-electron chi connectivity index (χ4n) is 2.92. The van der Waals surface area contributed by atoms with Gasteiger partial charge >= 0.3 is 5.69 Å². The van der Waals surface area contributed by atoms with Gasteiger partial charge in [0.15, 0.2) is 0 Å². The number of aryl methyl sites for hydroxylation is 2. The van der Waals surface area contributed by atoms with E-state index in [2.05, 4.69) is 24.3 Å². The molecule has 0 aliphatic heterocycles. The van der Waals surface area contributed by atoms with Crippen LogP contribution in [0.3, 0.4) is 0 Å². The van der Waals surface area contributed by atoms with E-state index in [9.17, 15) is 10.1 Å². The van der Waals surface area contributed by atoms with Gasteiger partial charge in [0.2, 0.25) is 5.82 Å². The molecule has 1 unspecified atom stereocenters. The molecule has 1 aliphatic carbocycles. The molecule has 1 heterocycles. The van der Waals surface area contributed by atoms with Crippen molar-refractivity contribution in [2.75, 3.05) is 5.32 Å². The zero-order valence-corrected chi connectivity index (χ0v) is 12.1. The van der Waals surface area contributed by atoms with Crippen molar-refractivity contribution in [1.29, 1.82) is 0 Å². The van der Waals surface area contributed by atoms with Crippen molar-refractivity contribution in [3.05, 3.63) is 15.8 Å². The molecule has 1 aromatic heterocycles. The quantitative estimate of drug-likeness (QED) is 0.671. The lowest BCUT2D eigenvalue weighted by atomic mass is 9.87. The maximum atomic E-state index is 11.3. The van der Waals surface area contributed by atoms with Gasteiger partial charge in [-0.15, -0.1) is 0 Å². The number of hydrogen-bond acceptors (Lipinski definition) is 4. The fraction of sp³-hybridized carbons (Fsp3) is 0.769. The van der Waals surface area contributed by atoms with Crippen LogP contribution in [0.4, 0.5) is 11.5 Å². The number of nitrogens with one attached hydrogen (secondary N) is 1. The van der Waals surface area contributed by atoms with Gasteiger partial charge in [-0.25, -0.2) is 4.68 Å². The van der Waals surface area contributed by atoms with E-state index >= 15 is 0 Å². The number of anilines is 1. The van der Waals surface area contributed by atoms with Crippen LogP contribution in [0.15, 0.2) is 0 Å². The van der Waals surface area contributed by atoms with Gasteiger partial charge < -0.3 is 5.32 Å². The molecule has 0 amide bonds. The molecule has 0 bridgehead atoms. The van der Waals surface area contributed by atoms with E-state index in [0.29, 0.717) is 17.9 Å². The number of rotatable bonds is 4. The standard InChI is InChI=1S/C13H22N4O2/c1-5-9-11(17(18)19)12(16(4)15-9)14-10-7-6-8-13(10,2)3/h10,14H,5-8H2,1-4H3. The third kappa shape index (κ3) is 2.43. The van der Waals surface area contributed by atoms with Crippen molar-refractivity contribution in [3.63, 3.8) is 0 Å². The molecule has 19 heavy (non-hydrogen) atoms. The molecule has 1 aliphatic rings. The SMILES string of the molecule is CCc1nn(C)c(NC2CCCC2(C)C)c1[N+](=O)[O-]. The second-order valence-corrected chi connectivity index (χ2v) is 5.96. The zero-order chi connectivity index (χ0) is 14.2. The molecule has 1 aromatic rings. The lowest BCUT2D eigenvalue weighted by molar-refractivity contribution is -0.384. The summed E-state index contributed by atoms with van der Waals surface area (Å²) in [4.78, 5) is 10.9. The monoisotopic (exact) mass is 266 g/mol. The molecule has 1 N–H and O–H groups in total. The van der Waals surface area contributed by atoms with Crippen LogP contribution in [0.2, 0.25) is 0 Å². The van der Waals surface area contributed by atoms with Crippen LogP contribution >= 0.6 is 0 Å². The summed E-state index contributed by atoms with van der Waals surface area (Å²) in [6, 6.07) is 0.270. The Bertz CT molecular complexity index is 493. The summed E-state index contributed by atoms with van der Waals surface area (Å²) in [6.07, 6.45) is 3.94. The van der Waals surface area contributed by atoms with Crippen LogP contribution in [0.5, 0.6) is 0 Å². The topological polar surface area (TPSA) is 73.0 Å². The van der Waals surface area contributed by atoms with Crippen LogP contribution < -0.4 is 5.32 Å². The first-order chi connectivity index (χ1) is 8.86. The second kappa shape index (κ2) is 4.83. The molecule has 106 valence electrons. The Morgan fingerprint density at radius 3 is 2.74 bits per heavy atom. The van der Waals surface area contributed by atoms with Gasteiger partial charge in [-0.1, -0.05) is 27.2 Å². The van der Waals surface area contributed by atoms with Crippen LogP contribution in [0.25, 0.3) is 0 Å². The highest BCUT2D eigenvalue weighted by Crippen LogP contribution is 2.40. The van der Waals surface area contributed by atoms with Gasteiger partial charge in [0.05, 0.1) is 4.92 Å². The molecule has 1 fully saturated rings.